The Morgan fingerprint density at radius 1 is 1.47 bits per heavy atom. The molecule has 1 unspecified atom stereocenters. The zero-order chi connectivity index (χ0) is 14.0. The summed E-state index contributed by atoms with van der Waals surface area (Å²) in [5.74, 6) is -1.06. The van der Waals surface area contributed by atoms with E-state index in [1.165, 1.54) is 0 Å². The van der Waals surface area contributed by atoms with Gasteiger partial charge in [-0.2, -0.15) is 0 Å². The Morgan fingerprint density at radius 3 is 2.89 bits per heavy atom. The van der Waals surface area contributed by atoms with Gasteiger partial charge >= 0.3 is 5.97 Å². The maximum Gasteiger partial charge on any atom is 0.320 e. The Labute approximate surface area is 125 Å². The molecular formula is C11H10Br2N4O2. The van der Waals surface area contributed by atoms with Gasteiger partial charge in [-0.05, 0) is 34.1 Å². The number of nitrogens with zero attached hydrogens (tertiary/aromatic N) is 3. The molecule has 0 spiro atoms. The van der Waals surface area contributed by atoms with Crippen molar-refractivity contribution in [1.82, 2.24) is 15.0 Å². The maximum atomic E-state index is 10.7. The van der Waals surface area contributed by atoms with Crippen LogP contribution in [-0.4, -0.2) is 32.1 Å². The van der Waals surface area contributed by atoms with Gasteiger partial charge in [-0.25, -0.2) is 4.68 Å². The molecule has 0 amide bonds. The Bertz CT molecular complexity index is 614. The van der Waals surface area contributed by atoms with Gasteiger partial charge in [-0.15, -0.1) is 5.10 Å². The highest BCUT2D eigenvalue weighted by Gasteiger charge is 2.15. The second-order valence-corrected chi connectivity index (χ2v) is 5.67. The summed E-state index contributed by atoms with van der Waals surface area (Å²) < 4.78 is 3.33. The molecule has 100 valence electrons. The molecule has 0 aliphatic rings. The molecule has 0 saturated heterocycles. The van der Waals surface area contributed by atoms with E-state index in [1.54, 1.807) is 10.9 Å². The van der Waals surface area contributed by atoms with Crippen molar-refractivity contribution in [3.63, 3.8) is 0 Å². The maximum absolute atomic E-state index is 10.7. The average Bonchev–Trinajstić information content (AvgIpc) is 2.80. The molecule has 0 fully saturated rings. The summed E-state index contributed by atoms with van der Waals surface area (Å²) in [7, 11) is 0. The molecule has 19 heavy (non-hydrogen) atoms. The summed E-state index contributed by atoms with van der Waals surface area (Å²) in [6.07, 6.45) is 1.80. The predicted molar refractivity (Wildman–Crippen MR) is 76.1 cm³/mol. The predicted octanol–water partition coefficient (Wildman–Crippen LogP) is 1.75. The quantitative estimate of drug-likeness (QED) is 0.830. The first-order valence-electron chi connectivity index (χ1n) is 5.32. The minimum Gasteiger partial charge on any atom is -0.480 e. The van der Waals surface area contributed by atoms with Crippen molar-refractivity contribution in [3.05, 3.63) is 39.0 Å². The zero-order valence-corrected chi connectivity index (χ0v) is 12.8. The number of halogens is 2. The van der Waals surface area contributed by atoms with Crippen molar-refractivity contribution in [1.29, 1.82) is 0 Å². The van der Waals surface area contributed by atoms with Crippen molar-refractivity contribution in [2.75, 3.05) is 0 Å². The number of carboxylic acid groups (broad SMARTS) is 1. The van der Waals surface area contributed by atoms with Crippen molar-refractivity contribution in [2.45, 2.75) is 12.5 Å². The number of carbonyl (C=O) groups is 1. The van der Waals surface area contributed by atoms with Crippen molar-refractivity contribution in [3.8, 4) is 5.69 Å². The summed E-state index contributed by atoms with van der Waals surface area (Å²) >= 11 is 6.80. The Balaban J connectivity index is 2.26. The van der Waals surface area contributed by atoms with Crippen LogP contribution in [0.2, 0.25) is 0 Å². The van der Waals surface area contributed by atoms with Gasteiger partial charge in [0, 0.05) is 15.4 Å². The van der Waals surface area contributed by atoms with E-state index in [4.69, 9.17) is 10.8 Å². The van der Waals surface area contributed by atoms with Crippen LogP contribution >= 0.6 is 31.9 Å². The fourth-order valence-corrected chi connectivity index (χ4v) is 2.26. The highest BCUT2D eigenvalue weighted by molar-refractivity contribution is 9.11. The number of rotatable bonds is 4. The van der Waals surface area contributed by atoms with Crippen LogP contribution in [-0.2, 0) is 11.2 Å². The van der Waals surface area contributed by atoms with Gasteiger partial charge in [0.2, 0.25) is 0 Å². The summed E-state index contributed by atoms with van der Waals surface area (Å²) in [4.78, 5) is 10.7. The summed E-state index contributed by atoms with van der Waals surface area (Å²) in [6, 6.07) is 4.67. The first kappa shape index (κ1) is 14.2. The average molecular weight is 390 g/mol. The van der Waals surface area contributed by atoms with E-state index in [-0.39, 0.29) is 6.42 Å². The third-order valence-corrected chi connectivity index (χ3v) is 3.61. The Hall–Kier alpha value is -1.25. The minimum absolute atomic E-state index is 0.140. The first-order chi connectivity index (χ1) is 8.97. The molecule has 0 saturated carbocycles. The fourth-order valence-electron chi connectivity index (χ4n) is 1.48. The van der Waals surface area contributed by atoms with Gasteiger partial charge in [-0.1, -0.05) is 21.1 Å². The van der Waals surface area contributed by atoms with Gasteiger partial charge in [0.25, 0.3) is 0 Å². The molecular weight excluding hydrogens is 380 g/mol. The van der Waals surface area contributed by atoms with Gasteiger partial charge in [0.1, 0.15) is 6.04 Å². The van der Waals surface area contributed by atoms with Crippen LogP contribution in [0.3, 0.4) is 0 Å². The second-order valence-electron chi connectivity index (χ2n) is 3.90. The van der Waals surface area contributed by atoms with Gasteiger partial charge < -0.3 is 10.8 Å². The fraction of sp³-hybridized carbons (Fsp3) is 0.182. The van der Waals surface area contributed by atoms with Gasteiger partial charge in [-0.3, -0.25) is 4.79 Å². The minimum atomic E-state index is -1.06. The van der Waals surface area contributed by atoms with Crippen LogP contribution < -0.4 is 5.73 Å². The number of benzene rings is 1. The molecule has 0 bridgehead atoms. The van der Waals surface area contributed by atoms with Crippen LogP contribution in [0.15, 0.2) is 33.3 Å². The number of aromatic nitrogens is 3. The van der Waals surface area contributed by atoms with E-state index in [0.29, 0.717) is 5.69 Å². The van der Waals surface area contributed by atoms with Crippen LogP contribution in [0.25, 0.3) is 5.69 Å². The van der Waals surface area contributed by atoms with E-state index in [0.717, 1.165) is 14.6 Å². The Kier molecular flexibility index (Phi) is 4.33. The van der Waals surface area contributed by atoms with Crippen molar-refractivity contribution < 1.29 is 9.90 Å². The molecule has 0 aliphatic carbocycles. The summed E-state index contributed by atoms with van der Waals surface area (Å²) in [5.41, 5.74) is 6.79. The molecule has 2 rings (SSSR count). The molecule has 6 nitrogen and oxygen atoms in total. The molecule has 1 heterocycles. The number of carboxylic acids is 1. The molecule has 1 aromatic carbocycles. The van der Waals surface area contributed by atoms with E-state index in [2.05, 4.69) is 42.2 Å². The standard InChI is InChI=1S/C11H10Br2N4O2/c12-6-1-2-8(13)10(3-6)17-5-7(15-16-17)4-9(14)11(18)19/h1-3,5,9H,4,14H2,(H,18,19). The van der Waals surface area contributed by atoms with Crippen LogP contribution in [0.4, 0.5) is 0 Å². The monoisotopic (exact) mass is 388 g/mol. The molecule has 0 radical (unpaired) electrons. The summed E-state index contributed by atoms with van der Waals surface area (Å²) in [6.45, 7) is 0. The number of hydrogen-bond donors (Lipinski definition) is 2. The molecule has 8 heteroatoms. The lowest BCUT2D eigenvalue weighted by Crippen LogP contribution is -2.32. The molecule has 0 aliphatic heterocycles. The molecule has 2 aromatic rings. The molecule has 1 atom stereocenters. The first-order valence-corrected chi connectivity index (χ1v) is 6.91. The number of nitrogens with two attached hydrogens (primary N) is 1. The van der Waals surface area contributed by atoms with Gasteiger partial charge in [0.15, 0.2) is 0 Å². The lowest BCUT2D eigenvalue weighted by Gasteiger charge is -2.04. The van der Waals surface area contributed by atoms with Crippen molar-refractivity contribution in [2.24, 2.45) is 5.73 Å². The Morgan fingerprint density at radius 2 is 2.21 bits per heavy atom. The molecule has 1 aromatic heterocycles. The highest BCUT2D eigenvalue weighted by atomic mass is 79.9. The number of aliphatic carboxylic acids is 1. The number of hydrogen-bond acceptors (Lipinski definition) is 4. The van der Waals surface area contributed by atoms with E-state index < -0.39 is 12.0 Å². The topological polar surface area (TPSA) is 94.0 Å². The largest absolute Gasteiger partial charge is 0.480 e. The summed E-state index contributed by atoms with van der Waals surface area (Å²) in [5, 5.41) is 16.6. The van der Waals surface area contributed by atoms with E-state index >= 15 is 0 Å². The highest BCUT2D eigenvalue weighted by Crippen LogP contribution is 2.24. The van der Waals surface area contributed by atoms with E-state index in [9.17, 15) is 4.79 Å². The SMILES string of the molecule is NC(Cc1cn(-c2cc(Br)ccc2Br)nn1)C(=O)O. The van der Waals surface area contributed by atoms with Crippen molar-refractivity contribution >= 4 is 37.8 Å². The normalized spacial score (nSPS) is 12.4. The molecule has 3 N–H and O–H groups in total. The second kappa shape index (κ2) is 5.81. The lowest BCUT2D eigenvalue weighted by molar-refractivity contribution is -0.138. The van der Waals surface area contributed by atoms with E-state index in [1.807, 2.05) is 18.2 Å². The van der Waals surface area contributed by atoms with Crippen LogP contribution in [0, 0.1) is 0 Å². The third-order valence-electron chi connectivity index (χ3n) is 2.44. The van der Waals surface area contributed by atoms with Crippen LogP contribution in [0.5, 0.6) is 0 Å². The lowest BCUT2D eigenvalue weighted by atomic mass is 10.2. The zero-order valence-electron chi connectivity index (χ0n) is 9.62. The smallest absolute Gasteiger partial charge is 0.320 e. The third kappa shape index (κ3) is 3.40. The van der Waals surface area contributed by atoms with Gasteiger partial charge in [0.05, 0.1) is 17.6 Å². The van der Waals surface area contributed by atoms with Crippen LogP contribution in [0.1, 0.15) is 5.69 Å².